The van der Waals surface area contributed by atoms with E-state index in [0.717, 1.165) is 11.3 Å². The molecule has 2 atom stereocenters. The molecule has 1 N–H and O–H groups in total. The fourth-order valence-electron chi connectivity index (χ4n) is 3.65. The van der Waals surface area contributed by atoms with Gasteiger partial charge in [0, 0.05) is 23.0 Å². The fraction of sp³-hybridized carbons (Fsp3) is 0.471. The monoisotopic (exact) mass is 268 g/mol. The van der Waals surface area contributed by atoms with Crippen LogP contribution in [0.15, 0.2) is 18.2 Å². The molecule has 1 heterocycles. The zero-order valence-corrected chi connectivity index (χ0v) is 12.4. The molecule has 20 heavy (non-hydrogen) atoms. The molecule has 0 saturated heterocycles. The molecule has 1 aliphatic rings. The number of nitrogens with zero attached hydrogens (tertiary/aromatic N) is 1. The number of ether oxygens (including phenoxy) is 1. The van der Waals surface area contributed by atoms with E-state index in [4.69, 9.17) is 10.00 Å². The zero-order chi connectivity index (χ0) is 14.5. The molecule has 1 aromatic heterocycles. The molecule has 1 fully saturated rings. The smallest absolute Gasteiger partial charge is 0.119 e. The molecule has 1 saturated carbocycles. The summed E-state index contributed by atoms with van der Waals surface area (Å²) < 4.78 is 5.35. The van der Waals surface area contributed by atoms with Crippen LogP contribution >= 0.6 is 0 Å². The number of H-pyrrole nitrogens is 1. The van der Waals surface area contributed by atoms with Gasteiger partial charge in [-0.15, -0.1) is 0 Å². The van der Waals surface area contributed by atoms with Gasteiger partial charge in [-0.25, -0.2) is 0 Å². The van der Waals surface area contributed by atoms with Crippen molar-refractivity contribution in [2.24, 2.45) is 11.3 Å². The molecule has 2 aromatic rings. The minimum atomic E-state index is 0.207. The van der Waals surface area contributed by atoms with Gasteiger partial charge in [0.1, 0.15) is 5.75 Å². The Morgan fingerprint density at radius 1 is 1.40 bits per heavy atom. The van der Waals surface area contributed by atoms with E-state index in [9.17, 15) is 0 Å². The van der Waals surface area contributed by atoms with E-state index in [1.54, 1.807) is 7.11 Å². The summed E-state index contributed by atoms with van der Waals surface area (Å²) >= 11 is 0. The maximum Gasteiger partial charge on any atom is 0.119 e. The highest BCUT2D eigenvalue weighted by atomic mass is 16.5. The summed E-state index contributed by atoms with van der Waals surface area (Å²) in [7, 11) is 1.69. The highest BCUT2D eigenvalue weighted by molar-refractivity contribution is 5.87. The van der Waals surface area contributed by atoms with Gasteiger partial charge in [0.25, 0.3) is 0 Å². The summed E-state index contributed by atoms with van der Waals surface area (Å²) in [6.45, 7) is 6.65. The second-order valence-electron chi connectivity index (χ2n) is 6.34. The van der Waals surface area contributed by atoms with E-state index in [2.05, 4.69) is 44.0 Å². The van der Waals surface area contributed by atoms with E-state index in [-0.39, 0.29) is 5.41 Å². The SMILES string of the molecule is COc1ccc2[nH]c(C)c(C3C(CC#N)C3(C)C)c2c1. The van der Waals surface area contributed by atoms with Crippen LogP contribution in [0, 0.1) is 29.6 Å². The molecular formula is C17H20N2O. The molecule has 3 nitrogen and oxygen atoms in total. The van der Waals surface area contributed by atoms with Crippen molar-refractivity contribution in [2.75, 3.05) is 7.11 Å². The van der Waals surface area contributed by atoms with Crippen molar-refractivity contribution in [3.8, 4) is 11.8 Å². The van der Waals surface area contributed by atoms with Crippen LogP contribution in [-0.2, 0) is 0 Å². The van der Waals surface area contributed by atoms with Crippen LogP contribution in [0.4, 0.5) is 0 Å². The summed E-state index contributed by atoms with van der Waals surface area (Å²) in [6, 6.07) is 8.48. The largest absolute Gasteiger partial charge is 0.497 e. The van der Waals surface area contributed by atoms with Gasteiger partial charge in [-0.05, 0) is 47.9 Å². The van der Waals surface area contributed by atoms with E-state index in [1.807, 2.05) is 6.07 Å². The number of aromatic amines is 1. The summed E-state index contributed by atoms with van der Waals surface area (Å²) in [6.07, 6.45) is 0.633. The van der Waals surface area contributed by atoms with Crippen molar-refractivity contribution >= 4 is 10.9 Å². The standard InChI is InChI=1S/C17H20N2O/c1-10-15(16-13(7-8-18)17(16,2)3)12-9-11(20-4)5-6-14(12)19-10/h5-6,9,13,16,19H,7H2,1-4H3. The van der Waals surface area contributed by atoms with Gasteiger partial charge in [0.2, 0.25) is 0 Å². The number of nitrogens with one attached hydrogen (secondary N) is 1. The zero-order valence-electron chi connectivity index (χ0n) is 12.4. The average Bonchev–Trinajstić information content (AvgIpc) is 2.79. The summed E-state index contributed by atoms with van der Waals surface area (Å²) in [5, 5.41) is 10.2. The van der Waals surface area contributed by atoms with Crippen molar-refractivity contribution in [1.29, 1.82) is 5.26 Å². The Morgan fingerprint density at radius 2 is 2.15 bits per heavy atom. The maximum atomic E-state index is 9.01. The van der Waals surface area contributed by atoms with E-state index >= 15 is 0 Å². The first-order chi connectivity index (χ1) is 9.50. The van der Waals surface area contributed by atoms with Crippen LogP contribution in [0.2, 0.25) is 0 Å². The Balaban J connectivity index is 2.12. The normalized spacial score (nSPS) is 23.6. The second kappa shape index (κ2) is 4.28. The van der Waals surface area contributed by atoms with Gasteiger partial charge in [0.05, 0.1) is 13.2 Å². The Morgan fingerprint density at radius 3 is 2.80 bits per heavy atom. The quantitative estimate of drug-likeness (QED) is 0.909. The number of hydrogen-bond acceptors (Lipinski definition) is 2. The van der Waals surface area contributed by atoms with Crippen LogP contribution in [0.25, 0.3) is 10.9 Å². The molecule has 1 aromatic carbocycles. The molecule has 0 spiro atoms. The van der Waals surface area contributed by atoms with Crippen LogP contribution in [0.3, 0.4) is 0 Å². The highest BCUT2D eigenvalue weighted by Crippen LogP contribution is 2.67. The van der Waals surface area contributed by atoms with Crippen molar-refractivity contribution in [1.82, 2.24) is 4.98 Å². The molecule has 0 amide bonds. The van der Waals surface area contributed by atoms with Crippen LogP contribution < -0.4 is 4.74 Å². The summed E-state index contributed by atoms with van der Waals surface area (Å²) in [5.41, 5.74) is 3.94. The minimum Gasteiger partial charge on any atom is -0.497 e. The maximum absolute atomic E-state index is 9.01. The molecule has 0 aliphatic heterocycles. The lowest BCUT2D eigenvalue weighted by molar-refractivity contribution is 0.415. The Kier molecular flexibility index (Phi) is 2.79. The first-order valence-electron chi connectivity index (χ1n) is 7.04. The summed E-state index contributed by atoms with van der Waals surface area (Å²) in [5.74, 6) is 1.80. The van der Waals surface area contributed by atoms with Gasteiger partial charge in [-0.3, -0.25) is 0 Å². The van der Waals surface area contributed by atoms with Crippen molar-refractivity contribution in [2.45, 2.75) is 33.1 Å². The number of hydrogen-bond donors (Lipinski definition) is 1. The van der Waals surface area contributed by atoms with Gasteiger partial charge >= 0.3 is 0 Å². The molecule has 0 radical (unpaired) electrons. The van der Waals surface area contributed by atoms with Crippen LogP contribution in [-0.4, -0.2) is 12.1 Å². The molecule has 3 heteroatoms. The van der Waals surface area contributed by atoms with Gasteiger partial charge < -0.3 is 9.72 Å². The highest BCUT2D eigenvalue weighted by Gasteiger charge is 2.58. The first kappa shape index (κ1) is 13.1. The summed E-state index contributed by atoms with van der Waals surface area (Å²) in [4.78, 5) is 3.46. The van der Waals surface area contributed by atoms with Crippen LogP contribution in [0.1, 0.15) is 37.4 Å². The number of fused-ring (bicyclic) bond motifs is 1. The lowest BCUT2D eigenvalue weighted by Gasteiger charge is -2.05. The molecule has 0 bridgehead atoms. The second-order valence-corrected chi connectivity index (χ2v) is 6.34. The average molecular weight is 268 g/mol. The van der Waals surface area contributed by atoms with Crippen molar-refractivity contribution in [3.05, 3.63) is 29.5 Å². The number of methoxy groups -OCH3 is 1. The fourth-order valence-corrected chi connectivity index (χ4v) is 3.65. The molecule has 104 valence electrons. The van der Waals surface area contributed by atoms with Crippen LogP contribution in [0.5, 0.6) is 5.75 Å². The molecule has 1 aliphatic carbocycles. The van der Waals surface area contributed by atoms with Gasteiger partial charge in [-0.1, -0.05) is 13.8 Å². The Hall–Kier alpha value is -1.95. The van der Waals surface area contributed by atoms with E-state index in [1.165, 1.54) is 16.6 Å². The Bertz CT molecular complexity index is 706. The predicted octanol–water partition coefficient (Wildman–Crippen LogP) is 4.14. The van der Waals surface area contributed by atoms with E-state index < -0.39 is 0 Å². The Labute approximate surface area is 119 Å². The number of aryl methyl sites for hydroxylation is 1. The minimum absolute atomic E-state index is 0.207. The molecule has 2 unspecified atom stereocenters. The molecule has 3 rings (SSSR count). The third-order valence-corrected chi connectivity index (χ3v) is 4.92. The number of benzene rings is 1. The van der Waals surface area contributed by atoms with Gasteiger partial charge in [0.15, 0.2) is 0 Å². The number of rotatable bonds is 3. The van der Waals surface area contributed by atoms with Gasteiger partial charge in [-0.2, -0.15) is 5.26 Å². The third kappa shape index (κ3) is 1.71. The van der Waals surface area contributed by atoms with Crippen molar-refractivity contribution in [3.63, 3.8) is 0 Å². The molecular weight excluding hydrogens is 248 g/mol. The van der Waals surface area contributed by atoms with Crippen molar-refractivity contribution < 1.29 is 4.74 Å². The topological polar surface area (TPSA) is 48.8 Å². The number of aromatic nitrogens is 1. The lowest BCUT2D eigenvalue weighted by Crippen LogP contribution is -1.91. The first-order valence-corrected chi connectivity index (χ1v) is 7.04. The lowest BCUT2D eigenvalue weighted by atomic mass is 10.00. The number of nitriles is 1. The third-order valence-electron chi connectivity index (χ3n) is 4.92. The predicted molar refractivity (Wildman–Crippen MR) is 79.8 cm³/mol. The van der Waals surface area contributed by atoms with E-state index in [0.29, 0.717) is 18.3 Å².